The van der Waals surface area contributed by atoms with Crippen molar-refractivity contribution in [3.05, 3.63) is 35.4 Å². The zero-order valence-corrected chi connectivity index (χ0v) is 10.6. The first-order valence-corrected chi connectivity index (χ1v) is 6.63. The molecule has 0 aromatic heterocycles. The summed E-state index contributed by atoms with van der Waals surface area (Å²) in [5, 5.41) is 8.84. The van der Waals surface area contributed by atoms with Crippen molar-refractivity contribution >= 4 is 15.8 Å². The Kier molecular flexibility index (Phi) is 3.75. The van der Waals surface area contributed by atoms with E-state index in [1.807, 2.05) is 0 Å². The number of halogens is 2. The molecule has 0 bridgehead atoms. The molecular weight excluding hydrogens is 266 g/mol. The molecular formula is C11H12F2O4S. The Morgan fingerprint density at radius 1 is 1.33 bits per heavy atom. The Morgan fingerprint density at radius 2 is 1.89 bits per heavy atom. The third-order valence-electron chi connectivity index (χ3n) is 2.65. The molecule has 1 rings (SSSR count). The summed E-state index contributed by atoms with van der Waals surface area (Å²) < 4.78 is 47.7. The van der Waals surface area contributed by atoms with Crippen molar-refractivity contribution in [3.63, 3.8) is 0 Å². The van der Waals surface area contributed by atoms with Gasteiger partial charge in [0.25, 0.3) is 0 Å². The first-order valence-electron chi connectivity index (χ1n) is 4.97. The molecule has 0 fully saturated rings. The molecule has 0 heterocycles. The van der Waals surface area contributed by atoms with Crippen LogP contribution in [0.4, 0.5) is 8.78 Å². The fourth-order valence-corrected chi connectivity index (χ4v) is 2.43. The fourth-order valence-electron chi connectivity index (χ4n) is 1.16. The van der Waals surface area contributed by atoms with E-state index in [-0.39, 0.29) is 5.56 Å². The summed E-state index contributed by atoms with van der Waals surface area (Å²) in [4.78, 5) is 10.9. The molecule has 1 aromatic rings. The van der Waals surface area contributed by atoms with Crippen LogP contribution in [0.1, 0.15) is 19.4 Å². The molecule has 0 amide bonds. The summed E-state index contributed by atoms with van der Waals surface area (Å²) in [6.45, 7) is 2.04. The van der Waals surface area contributed by atoms with Crippen molar-refractivity contribution in [2.45, 2.75) is 24.3 Å². The quantitative estimate of drug-likeness (QED) is 0.910. The molecule has 0 atom stereocenters. The Bertz CT molecular complexity index is 579. The average Bonchev–Trinajstić information content (AvgIpc) is 2.21. The van der Waals surface area contributed by atoms with E-state index in [4.69, 9.17) is 5.11 Å². The van der Waals surface area contributed by atoms with Gasteiger partial charge in [0.1, 0.15) is 11.6 Å². The Labute approximate surface area is 103 Å². The normalized spacial score (nSPS) is 12.4. The molecule has 7 heteroatoms. The third-order valence-corrected chi connectivity index (χ3v) is 5.07. The van der Waals surface area contributed by atoms with Crippen molar-refractivity contribution in [2.75, 3.05) is 0 Å². The highest BCUT2D eigenvalue weighted by molar-refractivity contribution is 7.92. The lowest BCUT2D eigenvalue weighted by Gasteiger charge is -2.19. The van der Waals surface area contributed by atoms with Gasteiger partial charge in [-0.2, -0.15) is 0 Å². The van der Waals surface area contributed by atoms with Crippen LogP contribution in [0.3, 0.4) is 0 Å². The van der Waals surface area contributed by atoms with Crippen molar-refractivity contribution in [3.8, 4) is 0 Å². The van der Waals surface area contributed by atoms with Crippen LogP contribution in [0.2, 0.25) is 0 Å². The topological polar surface area (TPSA) is 71.4 Å². The first kappa shape index (κ1) is 14.6. The average molecular weight is 278 g/mol. The standard InChI is InChI=1S/C11H12F2O4S/c1-11(2,10(14)15)18(16,17)6-7-3-4-8(12)5-9(7)13/h3-5H,6H2,1-2H3,(H,14,15). The van der Waals surface area contributed by atoms with Crippen LogP contribution in [0.5, 0.6) is 0 Å². The van der Waals surface area contributed by atoms with E-state index in [0.29, 0.717) is 6.07 Å². The maximum Gasteiger partial charge on any atom is 0.324 e. The number of sulfone groups is 1. The van der Waals surface area contributed by atoms with E-state index in [2.05, 4.69) is 0 Å². The van der Waals surface area contributed by atoms with E-state index in [0.717, 1.165) is 26.0 Å². The number of hydrogen-bond acceptors (Lipinski definition) is 3. The van der Waals surface area contributed by atoms with Gasteiger partial charge in [0.2, 0.25) is 0 Å². The third kappa shape index (κ3) is 2.66. The lowest BCUT2D eigenvalue weighted by atomic mass is 10.2. The molecule has 0 radical (unpaired) electrons. The number of carboxylic acids is 1. The number of carboxylic acid groups (broad SMARTS) is 1. The molecule has 1 N–H and O–H groups in total. The van der Waals surface area contributed by atoms with Gasteiger partial charge in [0.05, 0.1) is 5.75 Å². The van der Waals surface area contributed by atoms with Crippen molar-refractivity contribution < 1.29 is 27.1 Å². The summed E-state index contributed by atoms with van der Waals surface area (Å²) in [5.41, 5.74) is -0.259. The minimum Gasteiger partial charge on any atom is -0.480 e. The van der Waals surface area contributed by atoms with E-state index < -0.39 is 37.9 Å². The second-order valence-corrected chi connectivity index (χ2v) is 6.85. The molecule has 18 heavy (non-hydrogen) atoms. The second-order valence-electron chi connectivity index (χ2n) is 4.31. The highest BCUT2D eigenvalue weighted by Crippen LogP contribution is 2.23. The number of benzene rings is 1. The second kappa shape index (κ2) is 4.64. The van der Waals surface area contributed by atoms with E-state index >= 15 is 0 Å². The van der Waals surface area contributed by atoms with Crippen LogP contribution in [0, 0.1) is 11.6 Å². The summed E-state index contributed by atoms with van der Waals surface area (Å²) in [7, 11) is -4.11. The smallest absolute Gasteiger partial charge is 0.324 e. The highest BCUT2D eigenvalue weighted by atomic mass is 32.2. The molecule has 0 saturated carbocycles. The summed E-state index contributed by atoms with van der Waals surface area (Å²) in [5.74, 6) is -4.16. The van der Waals surface area contributed by atoms with Gasteiger partial charge in [-0.1, -0.05) is 6.07 Å². The Morgan fingerprint density at radius 3 is 2.33 bits per heavy atom. The molecule has 0 unspecified atom stereocenters. The van der Waals surface area contributed by atoms with Gasteiger partial charge in [-0.15, -0.1) is 0 Å². The largest absolute Gasteiger partial charge is 0.480 e. The van der Waals surface area contributed by atoms with Gasteiger partial charge in [-0.25, -0.2) is 17.2 Å². The number of aliphatic carboxylic acids is 1. The maximum atomic E-state index is 13.3. The minimum absolute atomic E-state index is 0.259. The molecule has 0 aliphatic carbocycles. The van der Waals surface area contributed by atoms with Gasteiger partial charge in [0.15, 0.2) is 14.6 Å². The lowest BCUT2D eigenvalue weighted by Crippen LogP contribution is -2.41. The van der Waals surface area contributed by atoms with Crippen molar-refractivity contribution in [1.29, 1.82) is 0 Å². The van der Waals surface area contributed by atoms with Crippen molar-refractivity contribution in [1.82, 2.24) is 0 Å². The molecule has 0 spiro atoms. The molecule has 0 aliphatic heterocycles. The van der Waals surface area contributed by atoms with Crippen LogP contribution in [-0.4, -0.2) is 24.2 Å². The minimum atomic E-state index is -4.11. The van der Waals surface area contributed by atoms with Gasteiger partial charge in [-0.05, 0) is 19.9 Å². The summed E-state index contributed by atoms with van der Waals surface area (Å²) in [6, 6.07) is 2.46. The number of hydrogen-bond donors (Lipinski definition) is 1. The predicted octanol–water partition coefficient (Wildman–Crippen LogP) is 1.74. The van der Waals surface area contributed by atoms with E-state index in [1.165, 1.54) is 0 Å². The zero-order valence-electron chi connectivity index (χ0n) is 9.78. The lowest BCUT2D eigenvalue weighted by molar-refractivity contribution is -0.139. The van der Waals surface area contributed by atoms with Gasteiger partial charge < -0.3 is 5.11 Å². The Hall–Kier alpha value is -1.50. The summed E-state index contributed by atoms with van der Waals surface area (Å²) in [6.07, 6.45) is 0. The Balaban J connectivity index is 3.15. The highest BCUT2D eigenvalue weighted by Gasteiger charge is 2.42. The van der Waals surface area contributed by atoms with Gasteiger partial charge in [-0.3, -0.25) is 4.79 Å². The number of rotatable bonds is 4. The maximum absolute atomic E-state index is 13.3. The van der Waals surface area contributed by atoms with E-state index in [9.17, 15) is 22.0 Å². The molecule has 1 aromatic carbocycles. The molecule has 4 nitrogen and oxygen atoms in total. The predicted molar refractivity (Wildman–Crippen MR) is 60.7 cm³/mol. The molecule has 0 saturated heterocycles. The van der Waals surface area contributed by atoms with Gasteiger partial charge >= 0.3 is 5.97 Å². The fraction of sp³-hybridized carbons (Fsp3) is 0.364. The monoisotopic (exact) mass is 278 g/mol. The van der Waals surface area contributed by atoms with Crippen LogP contribution < -0.4 is 0 Å². The molecule has 0 aliphatic rings. The van der Waals surface area contributed by atoms with Crippen LogP contribution in [0.15, 0.2) is 18.2 Å². The first-order chi connectivity index (χ1) is 8.08. The SMILES string of the molecule is CC(C)(C(=O)O)S(=O)(=O)Cc1ccc(F)cc1F. The van der Waals surface area contributed by atoms with Crippen LogP contribution >= 0.6 is 0 Å². The van der Waals surface area contributed by atoms with Gasteiger partial charge in [0, 0.05) is 11.6 Å². The van der Waals surface area contributed by atoms with Crippen molar-refractivity contribution in [2.24, 2.45) is 0 Å². The van der Waals surface area contributed by atoms with Crippen LogP contribution in [0.25, 0.3) is 0 Å². The molecule has 100 valence electrons. The summed E-state index contributed by atoms with van der Waals surface area (Å²) >= 11 is 0. The van der Waals surface area contributed by atoms with E-state index in [1.54, 1.807) is 0 Å². The number of carbonyl (C=O) groups is 1. The zero-order chi connectivity index (χ0) is 14.1. The van der Waals surface area contributed by atoms with Crippen LogP contribution in [-0.2, 0) is 20.4 Å².